The number of hydrogen-bond acceptors (Lipinski definition) is 3. The minimum Gasteiger partial charge on any atom is -0.496 e. The maximum Gasteiger partial charge on any atom is 0.122 e. The van der Waals surface area contributed by atoms with Gasteiger partial charge in [-0.3, -0.25) is 0 Å². The fourth-order valence-corrected chi connectivity index (χ4v) is 4.33. The first kappa shape index (κ1) is 15.7. The van der Waals surface area contributed by atoms with Crippen LogP contribution in [-0.2, 0) is 0 Å². The lowest BCUT2D eigenvalue weighted by Gasteiger charge is -2.27. The average Bonchev–Trinajstić information content (AvgIpc) is 2.48. The molecule has 3 heteroatoms. The number of benzene rings is 1. The first-order valence-electron chi connectivity index (χ1n) is 7.55. The first-order valence-corrected chi connectivity index (χ1v) is 8.71. The second-order valence-corrected chi connectivity index (χ2v) is 7.04. The van der Waals surface area contributed by atoms with Crippen molar-refractivity contribution in [2.45, 2.75) is 39.2 Å². The molecule has 112 valence electrons. The SMILES string of the molecule is CNC(CC1CCSCC1)c1cc(C)c(OC)cc1C. The normalized spacial score (nSPS) is 18.0. The topological polar surface area (TPSA) is 21.3 Å². The van der Waals surface area contributed by atoms with Gasteiger partial charge in [0, 0.05) is 6.04 Å². The van der Waals surface area contributed by atoms with Gasteiger partial charge in [0.15, 0.2) is 0 Å². The molecule has 2 rings (SSSR count). The van der Waals surface area contributed by atoms with Gasteiger partial charge in [-0.2, -0.15) is 11.8 Å². The summed E-state index contributed by atoms with van der Waals surface area (Å²) in [4.78, 5) is 0. The van der Waals surface area contributed by atoms with E-state index in [4.69, 9.17) is 4.74 Å². The Kier molecular flexibility index (Phi) is 5.79. The molecular formula is C17H27NOS. The minimum absolute atomic E-state index is 0.465. The van der Waals surface area contributed by atoms with Crippen molar-refractivity contribution in [3.8, 4) is 5.75 Å². The summed E-state index contributed by atoms with van der Waals surface area (Å²) in [6.45, 7) is 4.32. The summed E-state index contributed by atoms with van der Waals surface area (Å²) in [6.07, 6.45) is 4.00. The van der Waals surface area contributed by atoms with Gasteiger partial charge in [-0.15, -0.1) is 0 Å². The van der Waals surface area contributed by atoms with Gasteiger partial charge in [0.1, 0.15) is 5.75 Å². The summed E-state index contributed by atoms with van der Waals surface area (Å²) >= 11 is 2.10. The van der Waals surface area contributed by atoms with Gasteiger partial charge in [0.05, 0.1) is 7.11 Å². The van der Waals surface area contributed by atoms with Gasteiger partial charge < -0.3 is 10.1 Å². The van der Waals surface area contributed by atoms with E-state index >= 15 is 0 Å². The Labute approximate surface area is 127 Å². The minimum atomic E-state index is 0.465. The molecule has 0 spiro atoms. The molecule has 0 bridgehead atoms. The number of ether oxygens (including phenoxy) is 1. The summed E-state index contributed by atoms with van der Waals surface area (Å²) in [5, 5.41) is 3.52. The molecule has 1 atom stereocenters. The second-order valence-electron chi connectivity index (χ2n) is 5.81. The van der Waals surface area contributed by atoms with E-state index in [1.807, 2.05) is 0 Å². The third-order valence-electron chi connectivity index (χ3n) is 4.42. The van der Waals surface area contributed by atoms with Crippen LogP contribution in [0.2, 0.25) is 0 Å². The predicted molar refractivity (Wildman–Crippen MR) is 88.9 cm³/mol. The molecule has 1 heterocycles. The van der Waals surface area contributed by atoms with Crippen molar-refractivity contribution in [3.05, 3.63) is 28.8 Å². The van der Waals surface area contributed by atoms with E-state index in [1.165, 1.54) is 47.5 Å². The summed E-state index contributed by atoms with van der Waals surface area (Å²) < 4.78 is 5.42. The molecule has 1 N–H and O–H groups in total. The molecule has 1 saturated heterocycles. The quantitative estimate of drug-likeness (QED) is 0.883. The zero-order valence-electron chi connectivity index (χ0n) is 13.2. The number of rotatable bonds is 5. The highest BCUT2D eigenvalue weighted by molar-refractivity contribution is 7.99. The fraction of sp³-hybridized carbons (Fsp3) is 0.647. The van der Waals surface area contributed by atoms with E-state index in [-0.39, 0.29) is 0 Å². The highest BCUT2D eigenvalue weighted by Crippen LogP contribution is 2.34. The summed E-state index contributed by atoms with van der Waals surface area (Å²) in [6, 6.07) is 4.94. The number of hydrogen-bond donors (Lipinski definition) is 1. The first-order chi connectivity index (χ1) is 9.65. The zero-order valence-corrected chi connectivity index (χ0v) is 14.0. The molecule has 0 amide bonds. The Balaban J connectivity index is 2.16. The van der Waals surface area contributed by atoms with Gasteiger partial charge in [-0.05, 0) is 80.3 Å². The number of thioether (sulfide) groups is 1. The van der Waals surface area contributed by atoms with Crippen molar-refractivity contribution < 1.29 is 4.74 Å². The number of methoxy groups -OCH3 is 1. The van der Waals surface area contributed by atoms with E-state index in [1.54, 1.807) is 7.11 Å². The van der Waals surface area contributed by atoms with Crippen LogP contribution in [0.15, 0.2) is 12.1 Å². The Morgan fingerprint density at radius 2 is 1.95 bits per heavy atom. The molecule has 0 saturated carbocycles. The van der Waals surface area contributed by atoms with Crippen LogP contribution in [-0.4, -0.2) is 25.7 Å². The Morgan fingerprint density at radius 3 is 2.55 bits per heavy atom. The lowest BCUT2D eigenvalue weighted by atomic mass is 9.88. The van der Waals surface area contributed by atoms with Gasteiger partial charge >= 0.3 is 0 Å². The lowest BCUT2D eigenvalue weighted by molar-refractivity contribution is 0.382. The fourth-order valence-electron chi connectivity index (χ4n) is 3.12. The van der Waals surface area contributed by atoms with E-state index in [0.29, 0.717) is 6.04 Å². The van der Waals surface area contributed by atoms with Crippen molar-refractivity contribution in [1.29, 1.82) is 0 Å². The van der Waals surface area contributed by atoms with Gasteiger partial charge in [-0.25, -0.2) is 0 Å². The predicted octanol–water partition coefficient (Wildman–Crippen LogP) is 4.11. The van der Waals surface area contributed by atoms with Gasteiger partial charge in [0.25, 0.3) is 0 Å². The summed E-state index contributed by atoms with van der Waals surface area (Å²) in [5.74, 6) is 4.54. The van der Waals surface area contributed by atoms with E-state index in [9.17, 15) is 0 Å². The molecule has 1 aromatic carbocycles. The number of nitrogens with one attached hydrogen (secondary N) is 1. The highest BCUT2D eigenvalue weighted by Gasteiger charge is 2.21. The van der Waals surface area contributed by atoms with E-state index < -0.39 is 0 Å². The van der Waals surface area contributed by atoms with Crippen LogP contribution in [0.5, 0.6) is 5.75 Å². The van der Waals surface area contributed by atoms with Gasteiger partial charge in [-0.1, -0.05) is 6.07 Å². The van der Waals surface area contributed by atoms with Crippen LogP contribution in [0.3, 0.4) is 0 Å². The third-order valence-corrected chi connectivity index (χ3v) is 5.47. The summed E-state index contributed by atoms with van der Waals surface area (Å²) in [5.41, 5.74) is 3.99. The molecule has 1 aromatic rings. The molecule has 1 unspecified atom stereocenters. The van der Waals surface area contributed by atoms with Crippen molar-refractivity contribution >= 4 is 11.8 Å². The molecule has 2 nitrogen and oxygen atoms in total. The largest absolute Gasteiger partial charge is 0.496 e. The standard InChI is InChI=1S/C17H27NOS/c1-12-10-17(19-4)13(2)9-15(12)16(18-3)11-14-5-7-20-8-6-14/h9-10,14,16,18H,5-8,11H2,1-4H3. The smallest absolute Gasteiger partial charge is 0.122 e. The molecule has 1 aliphatic rings. The molecule has 1 aliphatic heterocycles. The Hall–Kier alpha value is -0.670. The lowest BCUT2D eigenvalue weighted by Crippen LogP contribution is -2.23. The summed E-state index contributed by atoms with van der Waals surface area (Å²) in [7, 11) is 3.83. The van der Waals surface area contributed by atoms with Crippen LogP contribution in [0.1, 0.15) is 42.0 Å². The van der Waals surface area contributed by atoms with Crippen LogP contribution in [0.4, 0.5) is 0 Å². The van der Waals surface area contributed by atoms with Crippen molar-refractivity contribution in [1.82, 2.24) is 5.32 Å². The van der Waals surface area contributed by atoms with Crippen LogP contribution in [0, 0.1) is 19.8 Å². The number of aryl methyl sites for hydroxylation is 2. The second kappa shape index (κ2) is 7.37. The van der Waals surface area contributed by atoms with E-state index in [0.717, 1.165) is 11.7 Å². The van der Waals surface area contributed by atoms with Gasteiger partial charge in [0.2, 0.25) is 0 Å². The molecule has 0 aromatic heterocycles. The maximum atomic E-state index is 5.42. The Morgan fingerprint density at radius 1 is 1.25 bits per heavy atom. The van der Waals surface area contributed by atoms with Crippen molar-refractivity contribution in [3.63, 3.8) is 0 Å². The molecular weight excluding hydrogens is 266 g/mol. The van der Waals surface area contributed by atoms with Crippen LogP contribution >= 0.6 is 11.8 Å². The average molecular weight is 293 g/mol. The molecule has 20 heavy (non-hydrogen) atoms. The van der Waals surface area contributed by atoms with E-state index in [2.05, 4.69) is 50.1 Å². The third kappa shape index (κ3) is 3.70. The highest BCUT2D eigenvalue weighted by atomic mass is 32.2. The van der Waals surface area contributed by atoms with Crippen molar-refractivity contribution in [2.24, 2.45) is 5.92 Å². The van der Waals surface area contributed by atoms with Crippen LogP contribution in [0.25, 0.3) is 0 Å². The zero-order chi connectivity index (χ0) is 14.5. The van der Waals surface area contributed by atoms with Crippen molar-refractivity contribution in [2.75, 3.05) is 25.7 Å². The molecule has 1 fully saturated rings. The molecule has 0 radical (unpaired) electrons. The Bertz CT molecular complexity index is 441. The molecule has 0 aliphatic carbocycles. The van der Waals surface area contributed by atoms with Crippen LogP contribution < -0.4 is 10.1 Å². The maximum absolute atomic E-state index is 5.42. The monoisotopic (exact) mass is 293 g/mol.